The maximum Gasteiger partial charge on any atom is 0.0851 e. The molecule has 0 unspecified atom stereocenters. The van der Waals surface area contributed by atoms with Crippen LogP contribution in [0.5, 0.6) is 0 Å². The Kier molecular flexibility index (Phi) is 1.83. The van der Waals surface area contributed by atoms with Crippen molar-refractivity contribution in [3.05, 3.63) is 30.1 Å². The van der Waals surface area contributed by atoms with Crippen LogP contribution in [0.25, 0.3) is 0 Å². The summed E-state index contributed by atoms with van der Waals surface area (Å²) in [6.45, 7) is 2.08. The average molecular weight is 149 g/mol. The van der Waals surface area contributed by atoms with Gasteiger partial charge in [0.2, 0.25) is 0 Å². The molecule has 0 aliphatic carbocycles. The third-order valence-electron chi connectivity index (χ3n) is 1.84. The van der Waals surface area contributed by atoms with E-state index in [-0.39, 0.29) is 0 Å². The minimum absolute atomic E-state index is 0.309. The van der Waals surface area contributed by atoms with Gasteiger partial charge in [0.05, 0.1) is 6.17 Å². The van der Waals surface area contributed by atoms with E-state index in [4.69, 9.17) is 0 Å². The van der Waals surface area contributed by atoms with Crippen LogP contribution in [0, 0.1) is 0 Å². The Labute approximate surface area is 65.8 Å². The lowest BCUT2D eigenvalue weighted by Crippen LogP contribution is -2.20. The van der Waals surface area contributed by atoms with Crippen LogP contribution in [0.3, 0.4) is 0 Å². The van der Waals surface area contributed by atoms with Gasteiger partial charge in [-0.2, -0.15) is 0 Å². The maximum atomic E-state index is 4.05. The van der Waals surface area contributed by atoms with Gasteiger partial charge < -0.3 is 0 Å². The zero-order valence-corrected chi connectivity index (χ0v) is 6.25. The van der Waals surface area contributed by atoms with E-state index in [1.807, 2.05) is 12.3 Å². The van der Waals surface area contributed by atoms with Gasteiger partial charge >= 0.3 is 0 Å². The summed E-state index contributed by atoms with van der Waals surface area (Å²) in [7, 11) is 0. The zero-order chi connectivity index (χ0) is 7.52. The van der Waals surface area contributed by atoms with E-state index in [2.05, 4.69) is 21.7 Å². The predicted octanol–water partition coefficient (Wildman–Crippen LogP) is 0.273. The molecule has 3 heteroatoms. The van der Waals surface area contributed by atoms with E-state index in [0.29, 0.717) is 6.17 Å². The van der Waals surface area contributed by atoms with Crippen molar-refractivity contribution in [3.8, 4) is 0 Å². The first-order chi connectivity index (χ1) is 5.47. The van der Waals surface area contributed by atoms with Crippen molar-refractivity contribution >= 4 is 0 Å². The van der Waals surface area contributed by atoms with Gasteiger partial charge in [0.1, 0.15) is 0 Å². The number of hydrogen-bond donors (Lipinski definition) is 2. The Morgan fingerprint density at radius 3 is 2.82 bits per heavy atom. The van der Waals surface area contributed by atoms with Gasteiger partial charge in [0, 0.05) is 31.0 Å². The summed E-state index contributed by atoms with van der Waals surface area (Å²) in [5, 5.41) is 6.64. The van der Waals surface area contributed by atoms with Gasteiger partial charge in [-0.05, 0) is 6.07 Å². The number of hydrogen-bond acceptors (Lipinski definition) is 3. The quantitative estimate of drug-likeness (QED) is 0.602. The molecule has 0 aromatic carbocycles. The Morgan fingerprint density at radius 2 is 2.18 bits per heavy atom. The van der Waals surface area contributed by atoms with Gasteiger partial charge in [-0.25, -0.2) is 0 Å². The molecule has 1 saturated heterocycles. The number of nitrogens with zero attached hydrogens (tertiary/aromatic N) is 1. The lowest BCUT2D eigenvalue weighted by Gasteiger charge is -2.09. The summed E-state index contributed by atoms with van der Waals surface area (Å²) in [5.74, 6) is 0. The number of aromatic nitrogens is 1. The highest BCUT2D eigenvalue weighted by Crippen LogP contribution is 2.09. The Bertz CT molecular complexity index is 216. The fraction of sp³-hybridized carbons (Fsp3) is 0.375. The zero-order valence-electron chi connectivity index (χ0n) is 6.25. The normalized spacial score (nSPS) is 18.9. The molecule has 3 nitrogen and oxygen atoms in total. The van der Waals surface area contributed by atoms with Crippen LogP contribution in [-0.4, -0.2) is 18.1 Å². The molecule has 0 atom stereocenters. The molecule has 1 fully saturated rings. The second kappa shape index (κ2) is 2.98. The third-order valence-corrected chi connectivity index (χ3v) is 1.84. The highest BCUT2D eigenvalue weighted by molar-refractivity contribution is 5.13. The van der Waals surface area contributed by atoms with Crippen LogP contribution in [-0.2, 0) is 0 Å². The van der Waals surface area contributed by atoms with E-state index in [1.165, 1.54) is 5.56 Å². The van der Waals surface area contributed by atoms with Crippen LogP contribution in [0.15, 0.2) is 24.5 Å². The summed E-state index contributed by atoms with van der Waals surface area (Å²) >= 11 is 0. The topological polar surface area (TPSA) is 37.0 Å². The molecule has 2 N–H and O–H groups in total. The fourth-order valence-corrected chi connectivity index (χ4v) is 1.29. The van der Waals surface area contributed by atoms with Crippen molar-refractivity contribution in [2.75, 3.05) is 13.1 Å². The molecule has 58 valence electrons. The first-order valence-electron chi connectivity index (χ1n) is 3.83. The Balaban J connectivity index is 2.16. The van der Waals surface area contributed by atoms with Crippen LogP contribution in [0.1, 0.15) is 11.7 Å². The third kappa shape index (κ3) is 1.39. The minimum Gasteiger partial charge on any atom is -0.297 e. The molecule has 1 aromatic heterocycles. The minimum atomic E-state index is 0.309. The molecule has 11 heavy (non-hydrogen) atoms. The highest BCUT2D eigenvalue weighted by atomic mass is 15.2. The molecule has 2 rings (SSSR count). The monoisotopic (exact) mass is 149 g/mol. The SMILES string of the molecule is c1cncc(C2NCCN2)c1. The van der Waals surface area contributed by atoms with E-state index < -0.39 is 0 Å². The summed E-state index contributed by atoms with van der Waals surface area (Å²) in [6, 6.07) is 4.03. The molecule has 0 bridgehead atoms. The Hall–Kier alpha value is -0.930. The van der Waals surface area contributed by atoms with Crippen LogP contribution >= 0.6 is 0 Å². The number of pyridine rings is 1. The molecule has 0 radical (unpaired) electrons. The van der Waals surface area contributed by atoms with Crippen LogP contribution in [0.2, 0.25) is 0 Å². The van der Waals surface area contributed by atoms with Gasteiger partial charge in [-0.3, -0.25) is 15.6 Å². The number of nitrogens with one attached hydrogen (secondary N) is 2. The molecule has 0 saturated carbocycles. The van der Waals surface area contributed by atoms with Crippen LogP contribution < -0.4 is 10.6 Å². The van der Waals surface area contributed by atoms with E-state index in [1.54, 1.807) is 6.20 Å². The Morgan fingerprint density at radius 1 is 1.36 bits per heavy atom. The standard InChI is InChI=1S/C8H11N3/c1-2-7(6-9-3-1)8-10-4-5-11-8/h1-3,6,8,10-11H,4-5H2. The molecule has 1 aromatic rings. The highest BCUT2D eigenvalue weighted by Gasteiger charge is 2.13. The van der Waals surface area contributed by atoms with Crippen molar-refractivity contribution in [1.29, 1.82) is 0 Å². The largest absolute Gasteiger partial charge is 0.297 e. The van der Waals surface area contributed by atoms with E-state index >= 15 is 0 Å². The molecular weight excluding hydrogens is 138 g/mol. The van der Waals surface area contributed by atoms with Gasteiger partial charge in [-0.15, -0.1) is 0 Å². The van der Waals surface area contributed by atoms with E-state index in [0.717, 1.165) is 13.1 Å². The summed E-state index contributed by atoms with van der Waals surface area (Å²) in [6.07, 6.45) is 3.98. The van der Waals surface area contributed by atoms with Crippen LogP contribution in [0.4, 0.5) is 0 Å². The van der Waals surface area contributed by atoms with Crippen molar-refractivity contribution < 1.29 is 0 Å². The van der Waals surface area contributed by atoms with Gasteiger partial charge in [-0.1, -0.05) is 6.07 Å². The summed E-state index contributed by atoms with van der Waals surface area (Å²) < 4.78 is 0. The molecule has 1 aliphatic rings. The molecule has 0 spiro atoms. The molecule has 0 amide bonds. The van der Waals surface area contributed by atoms with Crippen molar-refractivity contribution in [3.63, 3.8) is 0 Å². The fourth-order valence-electron chi connectivity index (χ4n) is 1.29. The van der Waals surface area contributed by atoms with Crippen molar-refractivity contribution in [2.45, 2.75) is 6.17 Å². The van der Waals surface area contributed by atoms with Gasteiger partial charge in [0.25, 0.3) is 0 Å². The van der Waals surface area contributed by atoms with E-state index in [9.17, 15) is 0 Å². The predicted molar refractivity (Wildman–Crippen MR) is 43.0 cm³/mol. The molecule has 2 heterocycles. The smallest absolute Gasteiger partial charge is 0.0851 e. The lowest BCUT2D eigenvalue weighted by molar-refractivity contribution is 0.586. The second-order valence-electron chi connectivity index (χ2n) is 2.63. The van der Waals surface area contributed by atoms with Crippen molar-refractivity contribution in [2.24, 2.45) is 0 Å². The molecule has 1 aliphatic heterocycles. The average Bonchev–Trinajstić information content (AvgIpc) is 2.58. The van der Waals surface area contributed by atoms with Crippen molar-refractivity contribution in [1.82, 2.24) is 15.6 Å². The second-order valence-corrected chi connectivity index (χ2v) is 2.63. The summed E-state index contributed by atoms with van der Waals surface area (Å²) in [5.41, 5.74) is 1.21. The number of rotatable bonds is 1. The maximum absolute atomic E-state index is 4.05. The molecular formula is C8H11N3. The lowest BCUT2D eigenvalue weighted by atomic mass is 10.2. The first kappa shape index (κ1) is 6.76. The van der Waals surface area contributed by atoms with Gasteiger partial charge in [0.15, 0.2) is 0 Å². The summed E-state index contributed by atoms with van der Waals surface area (Å²) in [4.78, 5) is 4.05. The first-order valence-corrected chi connectivity index (χ1v) is 3.83.